The van der Waals surface area contributed by atoms with Crippen molar-refractivity contribution in [2.45, 2.75) is 47.2 Å². The molecule has 0 fully saturated rings. The van der Waals surface area contributed by atoms with Crippen LogP contribution in [0.25, 0.3) is 0 Å². The summed E-state index contributed by atoms with van der Waals surface area (Å²) >= 11 is 12.7. The van der Waals surface area contributed by atoms with Crippen LogP contribution in [0.4, 0.5) is 5.69 Å². The summed E-state index contributed by atoms with van der Waals surface area (Å²) in [6.45, 7) is 9.00. The van der Waals surface area contributed by atoms with E-state index in [1.54, 1.807) is 51.1 Å². The van der Waals surface area contributed by atoms with Crippen LogP contribution in [0.3, 0.4) is 0 Å². The quantitative estimate of drug-likeness (QED) is 0.477. The normalized spacial score (nSPS) is 12.4. The second-order valence-corrected chi connectivity index (χ2v) is 11.8. The van der Waals surface area contributed by atoms with Crippen molar-refractivity contribution in [1.82, 2.24) is 10.2 Å². The molecule has 0 aromatic heterocycles. The summed E-state index contributed by atoms with van der Waals surface area (Å²) in [7, 11) is -3.81. The van der Waals surface area contributed by atoms with Gasteiger partial charge in [-0.05, 0) is 49.9 Å². The summed E-state index contributed by atoms with van der Waals surface area (Å²) in [5, 5.41) is 3.53. The van der Waals surface area contributed by atoms with Crippen LogP contribution in [0.15, 0.2) is 36.4 Å². The first-order valence-electron chi connectivity index (χ1n) is 11.3. The Kier molecular flexibility index (Phi) is 10.0. The number of aryl methyl sites for hydroxylation is 2. The number of amides is 2. The molecule has 2 rings (SSSR count). The predicted molar refractivity (Wildman–Crippen MR) is 142 cm³/mol. The van der Waals surface area contributed by atoms with E-state index in [4.69, 9.17) is 23.2 Å². The molecule has 1 atom stereocenters. The minimum atomic E-state index is -3.81. The molecule has 0 aliphatic rings. The first-order chi connectivity index (χ1) is 16.2. The number of carbonyl (C=O) groups excluding carboxylic acids is 2. The number of rotatable bonds is 10. The fraction of sp³-hybridized carbons (Fsp3) is 0.440. The number of carbonyl (C=O) groups is 2. The molecule has 0 saturated heterocycles. The second-order valence-electron chi connectivity index (χ2n) is 9.05. The van der Waals surface area contributed by atoms with Crippen LogP contribution < -0.4 is 9.62 Å². The van der Waals surface area contributed by atoms with Gasteiger partial charge in [0.1, 0.15) is 12.6 Å². The second kappa shape index (κ2) is 12.1. The summed E-state index contributed by atoms with van der Waals surface area (Å²) < 4.78 is 26.6. The Bertz CT molecular complexity index is 1140. The molecule has 2 aromatic rings. The van der Waals surface area contributed by atoms with Gasteiger partial charge in [-0.15, -0.1) is 0 Å². The Morgan fingerprint density at radius 1 is 0.971 bits per heavy atom. The molecular weight excluding hydrogens is 509 g/mol. The van der Waals surface area contributed by atoms with Crippen LogP contribution in [0, 0.1) is 19.8 Å². The molecule has 2 amide bonds. The average Bonchev–Trinajstić information content (AvgIpc) is 2.75. The molecule has 7 nitrogen and oxygen atoms in total. The van der Waals surface area contributed by atoms with Crippen LogP contribution in [0.1, 0.15) is 37.5 Å². The molecule has 0 radical (unpaired) electrons. The highest BCUT2D eigenvalue weighted by atomic mass is 35.5. The Labute approximate surface area is 218 Å². The molecule has 10 heteroatoms. The van der Waals surface area contributed by atoms with Crippen LogP contribution in [-0.2, 0) is 26.2 Å². The highest BCUT2D eigenvalue weighted by molar-refractivity contribution is 7.92. The third-order valence-corrected chi connectivity index (χ3v) is 7.43. The van der Waals surface area contributed by atoms with Crippen molar-refractivity contribution in [2.75, 3.05) is 23.7 Å². The lowest BCUT2D eigenvalue weighted by Crippen LogP contribution is -2.51. The van der Waals surface area contributed by atoms with E-state index < -0.39 is 28.5 Å². The SMILES string of the molecule is Cc1cccc(C)c1N(CC(=O)N(Cc1c(Cl)cccc1Cl)C(C)C(=O)NCC(C)C)S(C)(=O)=O. The summed E-state index contributed by atoms with van der Waals surface area (Å²) in [6.07, 6.45) is 1.06. The summed E-state index contributed by atoms with van der Waals surface area (Å²) in [6, 6.07) is 9.48. The van der Waals surface area contributed by atoms with Gasteiger partial charge in [0.25, 0.3) is 0 Å². The van der Waals surface area contributed by atoms with E-state index in [0.717, 1.165) is 10.6 Å². The van der Waals surface area contributed by atoms with E-state index in [9.17, 15) is 18.0 Å². The molecule has 1 N–H and O–H groups in total. The highest BCUT2D eigenvalue weighted by Gasteiger charge is 2.31. The van der Waals surface area contributed by atoms with E-state index in [1.165, 1.54) is 4.90 Å². The average molecular weight is 543 g/mol. The number of hydrogen-bond donors (Lipinski definition) is 1. The van der Waals surface area contributed by atoms with E-state index >= 15 is 0 Å². The van der Waals surface area contributed by atoms with Gasteiger partial charge >= 0.3 is 0 Å². The standard InChI is InChI=1S/C25H33Cl2N3O4S/c1-16(2)13-28-25(32)19(5)29(14-20-21(26)11-8-12-22(20)27)23(31)15-30(35(6,33)34)24-17(3)9-7-10-18(24)4/h7-12,16,19H,13-15H2,1-6H3,(H,28,32). The van der Waals surface area contributed by atoms with Crippen molar-refractivity contribution in [3.63, 3.8) is 0 Å². The van der Waals surface area contributed by atoms with Crippen molar-refractivity contribution >= 4 is 50.7 Å². The zero-order valence-electron chi connectivity index (χ0n) is 20.9. The highest BCUT2D eigenvalue weighted by Crippen LogP contribution is 2.29. The molecule has 0 bridgehead atoms. The van der Waals surface area contributed by atoms with Gasteiger partial charge in [0.05, 0.1) is 11.9 Å². The molecule has 0 saturated carbocycles. The maximum absolute atomic E-state index is 13.7. The molecule has 192 valence electrons. The van der Waals surface area contributed by atoms with E-state index in [0.29, 0.717) is 39.0 Å². The molecule has 2 aromatic carbocycles. The first kappa shape index (κ1) is 28.9. The molecule has 0 aliphatic heterocycles. The Balaban J connectivity index is 2.49. The van der Waals surface area contributed by atoms with Gasteiger partial charge in [-0.25, -0.2) is 8.42 Å². The lowest BCUT2D eigenvalue weighted by atomic mass is 10.1. The molecule has 0 spiro atoms. The third kappa shape index (κ3) is 7.59. The maximum Gasteiger partial charge on any atom is 0.244 e. The smallest absolute Gasteiger partial charge is 0.244 e. The predicted octanol–water partition coefficient (Wildman–Crippen LogP) is 4.57. The number of nitrogens with one attached hydrogen (secondary N) is 1. The van der Waals surface area contributed by atoms with Gasteiger partial charge in [0.2, 0.25) is 21.8 Å². The number of para-hydroxylation sites is 1. The van der Waals surface area contributed by atoms with Gasteiger partial charge < -0.3 is 10.2 Å². The van der Waals surface area contributed by atoms with Gasteiger partial charge in [-0.2, -0.15) is 0 Å². The van der Waals surface area contributed by atoms with Crippen molar-refractivity contribution in [2.24, 2.45) is 5.92 Å². The topological polar surface area (TPSA) is 86.8 Å². The van der Waals surface area contributed by atoms with E-state index in [1.807, 2.05) is 19.9 Å². The van der Waals surface area contributed by atoms with Gasteiger partial charge in [-0.1, -0.05) is 61.3 Å². The number of benzene rings is 2. The fourth-order valence-corrected chi connectivity index (χ4v) is 5.15. The van der Waals surface area contributed by atoms with Gasteiger partial charge in [0.15, 0.2) is 0 Å². The zero-order valence-corrected chi connectivity index (χ0v) is 23.3. The zero-order chi connectivity index (χ0) is 26.5. The van der Waals surface area contributed by atoms with Crippen molar-refractivity contribution in [3.05, 3.63) is 63.1 Å². The van der Waals surface area contributed by atoms with E-state index in [-0.39, 0.29) is 18.4 Å². The number of sulfonamides is 1. The molecule has 35 heavy (non-hydrogen) atoms. The summed E-state index contributed by atoms with van der Waals surface area (Å²) in [5.41, 5.74) is 2.35. The first-order valence-corrected chi connectivity index (χ1v) is 13.9. The Hall–Kier alpha value is -2.29. The summed E-state index contributed by atoms with van der Waals surface area (Å²) in [5.74, 6) is -0.687. The number of halogens is 2. The lowest BCUT2D eigenvalue weighted by molar-refractivity contribution is -0.139. The van der Waals surface area contributed by atoms with Crippen molar-refractivity contribution < 1.29 is 18.0 Å². The van der Waals surface area contributed by atoms with Crippen LogP contribution in [0.5, 0.6) is 0 Å². The number of nitrogens with zero attached hydrogens (tertiary/aromatic N) is 2. The van der Waals surface area contributed by atoms with Crippen LogP contribution in [0.2, 0.25) is 10.0 Å². The van der Waals surface area contributed by atoms with Crippen LogP contribution >= 0.6 is 23.2 Å². The molecule has 0 aliphatic carbocycles. The van der Waals surface area contributed by atoms with Crippen molar-refractivity contribution in [3.8, 4) is 0 Å². The minimum Gasteiger partial charge on any atom is -0.354 e. The fourth-order valence-electron chi connectivity index (χ4n) is 3.66. The molecule has 0 heterocycles. The van der Waals surface area contributed by atoms with Gasteiger partial charge in [0, 0.05) is 28.7 Å². The Morgan fingerprint density at radius 2 is 1.49 bits per heavy atom. The largest absolute Gasteiger partial charge is 0.354 e. The number of anilines is 1. The lowest BCUT2D eigenvalue weighted by Gasteiger charge is -2.32. The number of hydrogen-bond acceptors (Lipinski definition) is 4. The van der Waals surface area contributed by atoms with Gasteiger partial charge in [-0.3, -0.25) is 13.9 Å². The third-order valence-electron chi connectivity index (χ3n) is 5.61. The monoisotopic (exact) mass is 541 g/mol. The Morgan fingerprint density at radius 3 is 1.97 bits per heavy atom. The van der Waals surface area contributed by atoms with E-state index in [2.05, 4.69) is 5.32 Å². The molecule has 1 unspecified atom stereocenters. The minimum absolute atomic E-state index is 0.0576. The van der Waals surface area contributed by atoms with Crippen LogP contribution in [-0.4, -0.2) is 50.5 Å². The maximum atomic E-state index is 13.7. The summed E-state index contributed by atoms with van der Waals surface area (Å²) in [4.78, 5) is 27.9. The molecular formula is C25H33Cl2N3O4S. The van der Waals surface area contributed by atoms with Crippen molar-refractivity contribution in [1.29, 1.82) is 0 Å².